The van der Waals surface area contributed by atoms with Crippen LogP contribution in [-0.2, 0) is 0 Å². The molecule has 0 radical (unpaired) electrons. The molecule has 118 valence electrons. The summed E-state index contributed by atoms with van der Waals surface area (Å²) in [6, 6.07) is 32.3. The number of hydrogen-bond acceptors (Lipinski definition) is 1. The summed E-state index contributed by atoms with van der Waals surface area (Å²) in [6.07, 6.45) is 0. The molecule has 1 nitrogen and oxygen atoms in total. The molecule has 0 aliphatic rings. The van der Waals surface area contributed by atoms with Crippen LogP contribution in [0.5, 0.6) is 0 Å². The van der Waals surface area contributed by atoms with Crippen molar-refractivity contribution in [1.82, 2.24) is 4.67 Å². The molecule has 23 heavy (non-hydrogen) atoms. The first-order chi connectivity index (χ1) is 11.1. The monoisotopic (exact) mass is 385 g/mol. The van der Waals surface area contributed by atoms with Crippen molar-refractivity contribution in [2.45, 2.75) is 0 Å². The van der Waals surface area contributed by atoms with Gasteiger partial charge in [-0.15, -0.1) is 0 Å². The van der Waals surface area contributed by atoms with Crippen molar-refractivity contribution in [3.8, 4) is 0 Å². The molecule has 3 aromatic rings. The van der Waals surface area contributed by atoms with E-state index >= 15 is 0 Å². The third kappa shape index (κ3) is 2.37. The molecule has 0 atom stereocenters. The SMILES string of the molecule is CN(C)P(Br)(c1ccccc1)(c1ccccc1)c1ccccc1. The predicted molar refractivity (Wildman–Crippen MR) is 108 cm³/mol. The van der Waals surface area contributed by atoms with Crippen LogP contribution >= 0.6 is 20.9 Å². The van der Waals surface area contributed by atoms with Crippen molar-refractivity contribution < 1.29 is 0 Å². The van der Waals surface area contributed by atoms with Gasteiger partial charge in [0, 0.05) is 0 Å². The number of rotatable bonds is 4. The summed E-state index contributed by atoms with van der Waals surface area (Å²) in [5.41, 5.74) is -2.86. The topological polar surface area (TPSA) is 3.24 Å². The van der Waals surface area contributed by atoms with Crippen molar-refractivity contribution in [3.63, 3.8) is 0 Å². The van der Waals surface area contributed by atoms with E-state index in [0.717, 1.165) is 0 Å². The standard InChI is InChI=1S/C20H21BrNP/c1-22(2)23(21,18-12-6-3-7-13-18,19-14-8-4-9-15-19)20-16-10-5-11-17-20/h3-17H,1-2H3. The van der Waals surface area contributed by atoms with Gasteiger partial charge in [0.1, 0.15) is 0 Å². The van der Waals surface area contributed by atoms with Gasteiger partial charge in [0.2, 0.25) is 0 Å². The first kappa shape index (κ1) is 16.4. The summed E-state index contributed by atoms with van der Waals surface area (Å²) in [5.74, 6) is 0. The Hall–Kier alpha value is -1.47. The van der Waals surface area contributed by atoms with E-state index in [1.807, 2.05) is 0 Å². The van der Waals surface area contributed by atoms with Crippen LogP contribution in [0, 0.1) is 0 Å². The van der Waals surface area contributed by atoms with E-state index in [4.69, 9.17) is 0 Å². The van der Waals surface area contributed by atoms with Gasteiger partial charge in [0.05, 0.1) is 0 Å². The van der Waals surface area contributed by atoms with Crippen LogP contribution in [0.2, 0.25) is 0 Å². The molecule has 0 saturated heterocycles. The van der Waals surface area contributed by atoms with Crippen molar-refractivity contribution >= 4 is 36.9 Å². The summed E-state index contributed by atoms with van der Waals surface area (Å²) >= 11 is 4.34. The number of nitrogens with zero attached hydrogens (tertiary/aromatic N) is 1. The van der Waals surface area contributed by atoms with Gasteiger partial charge in [-0.3, -0.25) is 0 Å². The van der Waals surface area contributed by atoms with Crippen LogP contribution in [0.15, 0.2) is 91.0 Å². The second-order valence-corrected chi connectivity index (χ2v) is 14.2. The predicted octanol–water partition coefficient (Wildman–Crippen LogP) is 4.30. The summed E-state index contributed by atoms with van der Waals surface area (Å²) in [5, 5.41) is 3.92. The van der Waals surface area contributed by atoms with Gasteiger partial charge in [-0.05, 0) is 0 Å². The average molecular weight is 386 g/mol. The van der Waals surface area contributed by atoms with E-state index in [2.05, 4.69) is 125 Å². The molecule has 0 unspecified atom stereocenters. The maximum atomic E-state index is 4.34. The van der Waals surface area contributed by atoms with Crippen molar-refractivity contribution in [3.05, 3.63) is 91.0 Å². The Balaban J connectivity index is 2.47. The fourth-order valence-corrected chi connectivity index (χ4v) is 9.80. The van der Waals surface area contributed by atoms with Crippen molar-refractivity contribution in [1.29, 1.82) is 0 Å². The molecule has 3 rings (SSSR count). The fourth-order valence-electron chi connectivity index (χ4n) is 3.24. The van der Waals surface area contributed by atoms with Crippen molar-refractivity contribution in [2.24, 2.45) is 0 Å². The van der Waals surface area contributed by atoms with Crippen LogP contribution in [0.3, 0.4) is 0 Å². The van der Waals surface area contributed by atoms with E-state index in [-0.39, 0.29) is 0 Å². The van der Waals surface area contributed by atoms with Crippen LogP contribution in [-0.4, -0.2) is 18.8 Å². The zero-order valence-corrected chi connectivity index (χ0v) is 15.9. The molecule has 0 heterocycles. The molecule has 0 amide bonds. The minimum atomic E-state index is -2.86. The van der Waals surface area contributed by atoms with Crippen molar-refractivity contribution in [2.75, 3.05) is 14.1 Å². The Kier molecular flexibility index (Phi) is 4.42. The van der Waals surface area contributed by atoms with Crippen LogP contribution < -0.4 is 15.9 Å². The van der Waals surface area contributed by atoms with E-state index in [1.165, 1.54) is 15.9 Å². The molecule has 0 aromatic heterocycles. The Morgan fingerprint density at radius 1 is 0.565 bits per heavy atom. The zero-order chi connectivity index (χ0) is 16.4. The number of benzene rings is 3. The molecule has 3 aromatic carbocycles. The molecule has 3 heteroatoms. The first-order valence-corrected chi connectivity index (χ1v) is 11.9. The van der Waals surface area contributed by atoms with E-state index in [0.29, 0.717) is 0 Å². The van der Waals surface area contributed by atoms with E-state index in [1.54, 1.807) is 0 Å². The first-order valence-electron chi connectivity index (χ1n) is 7.67. The fraction of sp³-hybridized carbons (Fsp3) is 0.100. The number of halogens is 1. The summed E-state index contributed by atoms with van der Waals surface area (Å²) < 4.78 is 2.37. The average Bonchev–Trinajstić information content (AvgIpc) is 2.63. The summed E-state index contributed by atoms with van der Waals surface area (Å²) in [7, 11) is 4.33. The molecule has 0 aliphatic carbocycles. The van der Waals surface area contributed by atoms with Gasteiger partial charge >= 0.3 is 147 Å². The molecule has 0 N–H and O–H groups in total. The Bertz CT molecular complexity index is 673. The van der Waals surface area contributed by atoms with Crippen LogP contribution in [0.1, 0.15) is 0 Å². The van der Waals surface area contributed by atoms with Gasteiger partial charge in [-0.25, -0.2) is 0 Å². The third-order valence-corrected chi connectivity index (χ3v) is 15.2. The molecule has 0 aliphatic heterocycles. The Morgan fingerprint density at radius 3 is 1.04 bits per heavy atom. The van der Waals surface area contributed by atoms with Gasteiger partial charge < -0.3 is 0 Å². The summed E-state index contributed by atoms with van der Waals surface area (Å²) in [6.45, 7) is 0. The van der Waals surface area contributed by atoms with Crippen LogP contribution in [0.4, 0.5) is 0 Å². The van der Waals surface area contributed by atoms with E-state index < -0.39 is 5.46 Å². The number of hydrogen-bond donors (Lipinski definition) is 0. The van der Waals surface area contributed by atoms with Crippen LogP contribution in [0.25, 0.3) is 0 Å². The maximum absolute atomic E-state index is 4.34. The third-order valence-electron chi connectivity index (χ3n) is 4.43. The quantitative estimate of drug-likeness (QED) is 0.605. The molecular weight excluding hydrogens is 365 g/mol. The molecule has 0 spiro atoms. The minimum absolute atomic E-state index is 1.31. The molecule has 0 fully saturated rings. The summed E-state index contributed by atoms with van der Waals surface area (Å²) in [4.78, 5) is 0. The Morgan fingerprint density at radius 2 is 0.826 bits per heavy atom. The second-order valence-electron chi connectivity index (χ2n) is 5.82. The van der Waals surface area contributed by atoms with Gasteiger partial charge in [0.15, 0.2) is 0 Å². The van der Waals surface area contributed by atoms with Gasteiger partial charge in [-0.1, -0.05) is 0 Å². The second kappa shape index (κ2) is 6.20. The van der Waals surface area contributed by atoms with E-state index in [9.17, 15) is 0 Å². The van der Waals surface area contributed by atoms with Gasteiger partial charge in [0.25, 0.3) is 0 Å². The molecule has 0 saturated carbocycles. The Labute approximate surface area is 146 Å². The molecular formula is C20H21BrNP. The zero-order valence-electron chi connectivity index (χ0n) is 13.4. The van der Waals surface area contributed by atoms with Gasteiger partial charge in [-0.2, -0.15) is 0 Å². The molecule has 0 bridgehead atoms. The normalized spacial score (nSPS) is 13.5.